The molecule has 2 unspecified atom stereocenters. The molecule has 0 saturated heterocycles. The Kier molecular flexibility index (Phi) is 6.43. The average Bonchev–Trinajstić information content (AvgIpc) is 2.48. The minimum atomic E-state index is 0.397. The minimum absolute atomic E-state index is 0.397. The van der Waals surface area contributed by atoms with Crippen molar-refractivity contribution >= 4 is 5.82 Å². The lowest BCUT2D eigenvalue weighted by molar-refractivity contribution is 0.175. The normalized spacial score (nSPS) is 21.9. The van der Waals surface area contributed by atoms with Gasteiger partial charge >= 0.3 is 0 Å². The van der Waals surface area contributed by atoms with Crippen molar-refractivity contribution in [3.8, 4) is 5.88 Å². The molecule has 1 aliphatic rings. The fourth-order valence-corrected chi connectivity index (χ4v) is 2.79. The van der Waals surface area contributed by atoms with Crippen LogP contribution < -0.4 is 10.1 Å². The first kappa shape index (κ1) is 17.0. The SMILES string of the molecule is COCc1nc(NC2CCCCC2C)cc(OCC(C)C)n1. The zero-order valence-electron chi connectivity index (χ0n) is 14.3. The molecule has 1 aliphatic carbocycles. The molecule has 0 amide bonds. The minimum Gasteiger partial charge on any atom is -0.477 e. The summed E-state index contributed by atoms with van der Waals surface area (Å²) in [6.07, 6.45) is 5.10. The molecule has 124 valence electrons. The molecule has 0 radical (unpaired) electrons. The van der Waals surface area contributed by atoms with Crippen molar-refractivity contribution in [1.29, 1.82) is 0 Å². The lowest BCUT2D eigenvalue weighted by atomic mass is 9.86. The van der Waals surface area contributed by atoms with Gasteiger partial charge in [0.25, 0.3) is 0 Å². The van der Waals surface area contributed by atoms with E-state index in [4.69, 9.17) is 9.47 Å². The summed E-state index contributed by atoms with van der Waals surface area (Å²) in [6, 6.07) is 2.39. The van der Waals surface area contributed by atoms with Crippen LogP contribution in [0.4, 0.5) is 5.82 Å². The van der Waals surface area contributed by atoms with Crippen LogP contribution in [0.2, 0.25) is 0 Å². The first-order chi connectivity index (χ1) is 10.6. The highest BCUT2D eigenvalue weighted by Crippen LogP contribution is 2.27. The standard InChI is InChI=1S/C17H29N3O2/c1-12(2)10-22-17-9-15(19-16(20-17)11-21-4)18-14-8-6-5-7-13(14)3/h9,12-14H,5-8,10-11H2,1-4H3,(H,18,19,20). The lowest BCUT2D eigenvalue weighted by Crippen LogP contribution is -2.30. The molecule has 0 bridgehead atoms. The Morgan fingerprint density at radius 3 is 2.73 bits per heavy atom. The van der Waals surface area contributed by atoms with E-state index in [0.29, 0.717) is 42.8 Å². The third-order valence-corrected chi connectivity index (χ3v) is 4.03. The van der Waals surface area contributed by atoms with Gasteiger partial charge in [-0.25, -0.2) is 4.98 Å². The lowest BCUT2D eigenvalue weighted by Gasteiger charge is -2.30. The van der Waals surface area contributed by atoms with Gasteiger partial charge < -0.3 is 14.8 Å². The Hall–Kier alpha value is -1.36. The zero-order valence-corrected chi connectivity index (χ0v) is 14.3. The molecule has 5 heteroatoms. The summed E-state index contributed by atoms with van der Waals surface area (Å²) in [7, 11) is 1.65. The number of hydrogen-bond donors (Lipinski definition) is 1. The van der Waals surface area contributed by atoms with Gasteiger partial charge in [0.15, 0.2) is 5.82 Å². The summed E-state index contributed by atoms with van der Waals surface area (Å²) >= 11 is 0. The predicted molar refractivity (Wildman–Crippen MR) is 88.1 cm³/mol. The molecule has 0 aliphatic heterocycles. The van der Waals surface area contributed by atoms with Crippen molar-refractivity contribution in [3.05, 3.63) is 11.9 Å². The van der Waals surface area contributed by atoms with Gasteiger partial charge in [0.05, 0.1) is 6.61 Å². The van der Waals surface area contributed by atoms with Crippen molar-refractivity contribution < 1.29 is 9.47 Å². The van der Waals surface area contributed by atoms with Gasteiger partial charge in [-0.2, -0.15) is 4.98 Å². The van der Waals surface area contributed by atoms with Gasteiger partial charge in [0.1, 0.15) is 12.4 Å². The molecule has 1 fully saturated rings. The van der Waals surface area contributed by atoms with E-state index < -0.39 is 0 Å². The topological polar surface area (TPSA) is 56.3 Å². The molecule has 1 aromatic rings. The van der Waals surface area contributed by atoms with Crippen LogP contribution in [0.3, 0.4) is 0 Å². The number of nitrogens with zero attached hydrogens (tertiary/aromatic N) is 2. The Morgan fingerprint density at radius 1 is 1.27 bits per heavy atom. The van der Waals surface area contributed by atoms with Gasteiger partial charge in [-0.1, -0.05) is 33.6 Å². The van der Waals surface area contributed by atoms with Crippen LogP contribution in [-0.2, 0) is 11.3 Å². The van der Waals surface area contributed by atoms with Gasteiger partial charge in [-0.05, 0) is 24.7 Å². The Morgan fingerprint density at radius 2 is 2.05 bits per heavy atom. The average molecular weight is 307 g/mol. The van der Waals surface area contributed by atoms with Crippen LogP contribution in [0.5, 0.6) is 5.88 Å². The smallest absolute Gasteiger partial charge is 0.218 e. The molecule has 1 N–H and O–H groups in total. The van der Waals surface area contributed by atoms with Crippen LogP contribution >= 0.6 is 0 Å². The van der Waals surface area contributed by atoms with Gasteiger partial charge in [0, 0.05) is 19.2 Å². The van der Waals surface area contributed by atoms with E-state index in [1.165, 1.54) is 25.7 Å². The Balaban J connectivity index is 2.10. The van der Waals surface area contributed by atoms with Gasteiger partial charge in [0.2, 0.25) is 5.88 Å². The third-order valence-electron chi connectivity index (χ3n) is 4.03. The highest BCUT2D eigenvalue weighted by atomic mass is 16.5. The van der Waals surface area contributed by atoms with E-state index in [0.717, 1.165) is 5.82 Å². The van der Waals surface area contributed by atoms with Crippen molar-refractivity contribution in [2.75, 3.05) is 19.0 Å². The van der Waals surface area contributed by atoms with Crippen molar-refractivity contribution in [1.82, 2.24) is 9.97 Å². The van der Waals surface area contributed by atoms with E-state index in [1.54, 1.807) is 7.11 Å². The van der Waals surface area contributed by atoms with Gasteiger partial charge in [-0.3, -0.25) is 0 Å². The molecular weight excluding hydrogens is 278 g/mol. The van der Waals surface area contributed by atoms with Crippen molar-refractivity contribution in [2.45, 2.75) is 59.1 Å². The number of rotatable bonds is 7. The van der Waals surface area contributed by atoms with E-state index >= 15 is 0 Å². The first-order valence-electron chi connectivity index (χ1n) is 8.34. The van der Waals surface area contributed by atoms with E-state index in [-0.39, 0.29) is 0 Å². The van der Waals surface area contributed by atoms with Gasteiger partial charge in [-0.15, -0.1) is 0 Å². The van der Waals surface area contributed by atoms with Crippen molar-refractivity contribution in [2.24, 2.45) is 11.8 Å². The molecule has 22 heavy (non-hydrogen) atoms. The van der Waals surface area contributed by atoms with E-state index in [2.05, 4.69) is 36.1 Å². The van der Waals surface area contributed by atoms with Crippen LogP contribution in [0.25, 0.3) is 0 Å². The van der Waals surface area contributed by atoms with E-state index in [1.807, 2.05) is 6.07 Å². The molecule has 1 saturated carbocycles. The molecule has 5 nitrogen and oxygen atoms in total. The summed E-state index contributed by atoms with van der Waals surface area (Å²) in [5.74, 6) is 3.28. The Labute approximate surface area is 133 Å². The number of ether oxygens (including phenoxy) is 2. The third kappa shape index (κ3) is 5.13. The molecule has 2 rings (SSSR count). The zero-order chi connectivity index (χ0) is 15.9. The fourth-order valence-electron chi connectivity index (χ4n) is 2.79. The largest absolute Gasteiger partial charge is 0.477 e. The van der Waals surface area contributed by atoms with E-state index in [9.17, 15) is 0 Å². The summed E-state index contributed by atoms with van der Waals surface area (Å²) in [5.41, 5.74) is 0. The second-order valence-corrected chi connectivity index (χ2v) is 6.66. The highest BCUT2D eigenvalue weighted by molar-refractivity contribution is 5.39. The summed E-state index contributed by atoms with van der Waals surface area (Å²) in [4.78, 5) is 8.96. The molecular formula is C17H29N3O2. The van der Waals surface area contributed by atoms with Crippen molar-refractivity contribution in [3.63, 3.8) is 0 Å². The maximum atomic E-state index is 5.76. The second kappa shape index (κ2) is 8.32. The number of hydrogen-bond acceptors (Lipinski definition) is 5. The van der Waals surface area contributed by atoms with Crippen LogP contribution in [0, 0.1) is 11.8 Å². The van der Waals surface area contributed by atoms with Crippen LogP contribution in [-0.4, -0.2) is 29.7 Å². The maximum Gasteiger partial charge on any atom is 0.218 e. The molecule has 1 aromatic heterocycles. The number of methoxy groups -OCH3 is 1. The molecule has 1 heterocycles. The summed E-state index contributed by atoms with van der Waals surface area (Å²) in [6.45, 7) is 7.61. The number of anilines is 1. The number of nitrogens with one attached hydrogen (secondary N) is 1. The highest BCUT2D eigenvalue weighted by Gasteiger charge is 2.21. The fraction of sp³-hybridized carbons (Fsp3) is 0.765. The second-order valence-electron chi connectivity index (χ2n) is 6.66. The predicted octanol–water partition coefficient (Wildman–Crippen LogP) is 3.65. The maximum absolute atomic E-state index is 5.76. The molecule has 2 atom stereocenters. The number of aromatic nitrogens is 2. The first-order valence-corrected chi connectivity index (χ1v) is 8.34. The monoisotopic (exact) mass is 307 g/mol. The summed E-state index contributed by atoms with van der Waals surface area (Å²) in [5, 5.41) is 3.57. The Bertz CT molecular complexity index is 465. The van der Waals surface area contributed by atoms with Crippen LogP contribution in [0.15, 0.2) is 6.07 Å². The van der Waals surface area contributed by atoms with Crippen LogP contribution in [0.1, 0.15) is 52.3 Å². The molecule has 0 aromatic carbocycles. The quantitative estimate of drug-likeness (QED) is 0.833. The summed E-state index contributed by atoms with van der Waals surface area (Å²) < 4.78 is 10.9. The molecule has 0 spiro atoms.